The van der Waals surface area contributed by atoms with Crippen molar-refractivity contribution in [1.82, 2.24) is 24.6 Å². The lowest BCUT2D eigenvalue weighted by atomic mass is 10.1. The van der Waals surface area contributed by atoms with Gasteiger partial charge in [0.2, 0.25) is 15.9 Å². The predicted octanol–water partition coefficient (Wildman–Crippen LogP) is 4.08. The zero-order valence-corrected chi connectivity index (χ0v) is 23.7. The maximum atomic E-state index is 13.6. The van der Waals surface area contributed by atoms with Gasteiger partial charge >= 0.3 is 12.7 Å². The van der Waals surface area contributed by atoms with Crippen molar-refractivity contribution < 1.29 is 49.0 Å². The van der Waals surface area contributed by atoms with Gasteiger partial charge in [0.25, 0.3) is 0 Å². The topological polar surface area (TPSA) is 127 Å². The molecule has 1 aliphatic heterocycles. The number of rotatable bonds is 8. The van der Waals surface area contributed by atoms with Gasteiger partial charge in [-0.05, 0) is 42.0 Å². The molecule has 1 amide bonds. The number of piperazine rings is 1. The van der Waals surface area contributed by atoms with Gasteiger partial charge < -0.3 is 19.7 Å². The molecule has 5 rings (SSSR count). The number of thiazole rings is 1. The summed E-state index contributed by atoms with van der Waals surface area (Å²) in [4.78, 5) is 27.9. The zero-order chi connectivity index (χ0) is 31.7. The van der Waals surface area contributed by atoms with E-state index in [0.29, 0.717) is 21.0 Å². The number of carbonyl (C=O) groups is 1. The Bertz CT molecular complexity index is 1700. The fourth-order valence-corrected chi connectivity index (χ4v) is 6.80. The molecular weight excluding hydrogens is 642 g/mol. The number of alkyl halides is 6. The summed E-state index contributed by atoms with van der Waals surface area (Å²) >= 11 is 1.21. The maximum absolute atomic E-state index is 13.6. The normalized spacial score (nSPS) is 16.6. The van der Waals surface area contributed by atoms with E-state index in [-0.39, 0.29) is 31.1 Å². The minimum atomic E-state index is -4.97. The summed E-state index contributed by atoms with van der Waals surface area (Å²) in [6.07, 6.45) is -7.00. The van der Waals surface area contributed by atoms with Crippen LogP contribution in [0.1, 0.15) is 5.56 Å². The number of anilines is 1. The first-order chi connectivity index (χ1) is 20.7. The molecule has 3 heterocycles. The Labute approximate surface area is 249 Å². The second-order valence-corrected chi connectivity index (χ2v) is 12.1. The number of fused-ring (bicyclic) bond motifs is 1. The van der Waals surface area contributed by atoms with Crippen molar-refractivity contribution in [3.05, 3.63) is 66.6 Å². The summed E-state index contributed by atoms with van der Waals surface area (Å²) in [6.45, 7) is -0.375. The number of carbonyl (C=O) groups excluding carboxylic acids is 1. The quantitative estimate of drug-likeness (QED) is 0.278. The molecule has 0 spiro atoms. The van der Waals surface area contributed by atoms with Crippen molar-refractivity contribution in [2.75, 3.05) is 24.5 Å². The molecule has 11 nitrogen and oxygen atoms in total. The van der Waals surface area contributed by atoms with Crippen LogP contribution < -0.4 is 19.7 Å². The van der Waals surface area contributed by atoms with E-state index in [4.69, 9.17) is 0 Å². The summed E-state index contributed by atoms with van der Waals surface area (Å²) in [7, 11) is -4.41. The summed E-state index contributed by atoms with van der Waals surface area (Å²) in [5, 5.41) is 3.07. The molecular formula is C25H20F6N6O5S2. The lowest BCUT2D eigenvalue weighted by Gasteiger charge is -2.39. The summed E-state index contributed by atoms with van der Waals surface area (Å²) in [6, 6.07) is 6.98. The summed E-state index contributed by atoms with van der Waals surface area (Å²) < 4.78 is 111. The molecule has 4 aromatic rings. The molecule has 44 heavy (non-hydrogen) atoms. The van der Waals surface area contributed by atoms with Crippen molar-refractivity contribution in [2.24, 2.45) is 0 Å². The highest BCUT2D eigenvalue weighted by Crippen LogP contribution is 2.31. The van der Waals surface area contributed by atoms with Gasteiger partial charge in [-0.1, -0.05) is 23.5 Å². The van der Waals surface area contributed by atoms with Gasteiger partial charge in [-0.25, -0.2) is 23.4 Å². The van der Waals surface area contributed by atoms with Gasteiger partial charge in [-0.15, -0.1) is 26.3 Å². The molecule has 19 heteroatoms. The van der Waals surface area contributed by atoms with E-state index in [1.807, 2.05) is 0 Å². The van der Waals surface area contributed by atoms with Crippen LogP contribution in [0.4, 0.5) is 31.5 Å². The van der Waals surface area contributed by atoms with Crippen molar-refractivity contribution in [2.45, 2.75) is 30.2 Å². The second-order valence-electron chi connectivity index (χ2n) is 9.22. The fourth-order valence-electron chi connectivity index (χ4n) is 4.32. The van der Waals surface area contributed by atoms with Crippen molar-refractivity contribution >= 4 is 42.7 Å². The number of hydrogen-bond acceptors (Lipinski definition) is 10. The zero-order valence-electron chi connectivity index (χ0n) is 22.0. The lowest BCUT2D eigenvalue weighted by molar-refractivity contribution is -0.275. The van der Waals surface area contributed by atoms with Crippen LogP contribution in [-0.2, 0) is 21.4 Å². The average Bonchev–Trinajstić information content (AvgIpc) is 3.39. The minimum Gasteiger partial charge on any atom is -0.406 e. The smallest absolute Gasteiger partial charge is 0.406 e. The van der Waals surface area contributed by atoms with Crippen LogP contribution in [0.3, 0.4) is 0 Å². The fraction of sp³-hybridized carbons (Fsp3) is 0.280. The van der Waals surface area contributed by atoms with Crippen molar-refractivity contribution in [3.63, 3.8) is 0 Å². The van der Waals surface area contributed by atoms with Crippen LogP contribution in [0.15, 0.2) is 66.0 Å². The highest BCUT2D eigenvalue weighted by molar-refractivity contribution is 7.89. The van der Waals surface area contributed by atoms with E-state index in [0.717, 1.165) is 40.7 Å². The number of sulfonamides is 1. The van der Waals surface area contributed by atoms with Crippen LogP contribution in [-0.4, -0.2) is 72.0 Å². The van der Waals surface area contributed by atoms with Crippen LogP contribution in [0, 0.1) is 0 Å². The molecule has 2 aromatic heterocycles. The standard InChI is InChI=1S/C25H20F6N6O5S2/c26-24(27,28)41-16-3-1-15(2-4-16)11-33-21(38)20-13-36(23-35-19-12-32-14-34-22(19)43-23)9-10-37(20)44(39,40)18-7-5-17(6-8-18)42-25(29,30)31/h1-8,12,14,20H,9-11,13H2,(H,33,38)/t20-/m1/s1. The van der Waals surface area contributed by atoms with Gasteiger partial charge in [0.15, 0.2) is 5.13 Å². The number of ether oxygens (including phenoxy) is 2. The lowest BCUT2D eigenvalue weighted by Crippen LogP contribution is -2.60. The third-order valence-corrected chi connectivity index (χ3v) is 9.22. The highest BCUT2D eigenvalue weighted by atomic mass is 32.2. The first-order valence-corrected chi connectivity index (χ1v) is 14.8. The van der Waals surface area contributed by atoms with E-state index in [2.05, 4.69) is 29.7 Å². The van der Waals surface area contributed by atoms with E-state index in [1.165, 1.54) is 36.0 Å². The number of halogens is 6. The highest BCUT2D eigenvalue weighted by Gasteiger charge is 2.41. The third-order valence-electron chi connectivity index (χ3n) is 6.25. The largest absolute Gasteiger partial charge is 0.573 e. The Morgan fingerprint density at radius 3 is 2.16 bits per heavy atom. The summed E-state index contributed by atoms with van der Waals surface area (Å²) in [5.74, 6) is -1.81. The van der Waals surface area contributed by atoms with Gasteiger partial charge in [-0.3, -0.25) is 4.79 Å². The van der Waals surface area contributed by atoms with Gasteiger partial charge in [0.05, 0.1) is 11.1 Å². The Kier molecular flexibility index (Phi) is 8.54. The van der Waals surface area contributed by atoms with Crippen molar-refractivity contribution in [3.8, 4) is 11.5 Å². The Morgan fingerprint density at radius 2 is 1.57 bits per heavy atom. The van der Waals surface area contributed by atoms with Crippen LogP contribution >= 0.6 is 11.3 Å². The number of amides is 1. The van der Waals surface area contributed by atoms with Crippen LogP contribution in [0.5, 0.6) is 11.5 Å². The number of nitrogens with zero attached hydrogens (tertiary/aromatic N) is 5. The Morgan fingerprint density at radius 1 is 0.955 bits per heavy atom. The Hall–Kier alpha value is -4.23. The van der Waals surface area contributed by atoms with Crippen LogP contribution in [0.2, 0.25) is 0 Å². The predicted molar refractivity (Wildman–Crippen MR) is 143 cm³/mol. The molecule has 1 atom stereocenters. The second kappa shape index (κ2) is 12.0. The molecule has 1 fully saturated rings. The monoisotopic (exact) mass is 662 g/mol. The van der Waals surface area contributed by atoms with Gasteiger partial charge in [0.1, 0.15) is 34.2 Å². The van der Waals surface area contributed by atoms with Gasteiger partial charge in [-0.2, -0.15) is 4.31 Å². The average molecular weight is 663 g/mol. The number of aromatic nitrogens is 3. The van der Waals surface area contributed by atoms with E-state index in [1.54, 1.807) is 4.90 Å². The molecule has 0 aliphatic carbocycles. The van der Waals surface area contributed by atoms with Crippen molar-refractivity contribution in [1.29, 1.82) is 0 Å². The van der Waals surface area contributed by atoms with Crippen LogP contribution in [0.25, 0.3) is 10.3 Å². The molecule has 2 aromatic carbocycles. The molecule has 0 saturated carbocycles. The van der Waals surface area contributed by atoms with E-state index in [9.17, 15) is 39.6 Å². The molecule has 234 valence electrons. The molecule has 0 unspecified atom stereocenters. The molecule has 0 radical (unpaired) electrons. The minimum absolute atomic E-state index is 0.117. The molecule has 1 N–H and O–H groups in total. The van der Waals surface area contributed by atoms with Gasteiger partial charge in [0, 0.05) is 26.2 Å². The van der Waals surface area contributed by atoms with E-state index < -0.39 is 46.2 Å². The molecule has 1 saturated heterocycles. The first kappa shape index (κ1) is 31.2. The number of benzene rings is 2. The molecule has 1 aliphatic rings. The first-order valence-electron chi connectivity index (χ1n) is 12.5. The Balaban J connectivity index is 1.37. The third kappa shape index (κ3) is 7.45. The number of hydrogen-bond donors (Lipinski definition) is 1. The SMILES string of the molecule is O=C(NCc1ccc(OC(F)(F)F)cc1)[C@H]1CN(c2nc3cncnc3s2)CCN1S(=O)(=O)c1ccc(OC(F)(F)F)cc1. The molecule has 0 bridgehead atoms. The maximum Gasteiger partial charge on any atom is 0.573 e. The summed E-state index contributed by atoms with van der Waals surface area (Å²) in [5.41, 5.74) is 0.905. The number of nitrogens with one attached hydrogen (secondary N) is 1. The van der Waals surface area contributed by atoms with E-state index >= 15 is 0 Å².